The molecule has 0 fully saturated rings. The normalized spacial score (nSPS) is 18.8. The highest BCUT2D eigenvalue weighted by atomic mass is 35.6. The Balaban J connectivity index is 4.89. The number of rotatable bonds is 3. The lowest BCUT2D eigenvalue weighted by Gasteiger charge is -2.31. The maximum Gasteiger partial charge on any atom is 0.422 e. The van der Waals surface area contributed by atoms with Gasteiger partial charge in [0.15, 0.2) is 0 Å². The van der Waals surface area contributed by atoms with E-state index in [1.165, 1.54) is 0 Å². The van der Waals surface area contributed by atoms with Crippen LogP contribution in [0, 0.1) is 0 Å². The molecular formula is C5H3Cl4F5O. The minimum absolute atomic E-state index is 0.210. The lowest BCUT2D eigenvalue weighted by Crippen LogP contribution is -2.49. The summed E-state index contributed by atoms with van der Waals surface area (Å²) in [6, 6.07) is 0. The van der Waals surface area contributed by atoms with Gasteiger partial charge in [-0.25, -0.2) is 0 Å². The van der Waals surface area contributed by atoms with Gasteiger partial charge < -0.3 is 0 Å². The Labute approximate surface area is 101 Å². The Kier molecular flexibility index (Phi) is 4.43. The minimum atomic E-state index is -5.21. The molecule has 0 aromatic heterocycles. The second-order valence-corrected chi connectivity index (χ2v) is 5.29. The van der Waals surface area contributed by atoms with Gasteiger partial charge in [0.05, 0.1) is 0 Å². The molecule has 0 spiro atoms. The Morgan fingerprint density at radius 3 is 1.40 bits per heavy atom. The third kappa shape index (κ3) is 3.93. The first-order valence-corrected chi connectivity index (χ1v) is 4.62. The number of halogens is 9. The maximum absolute atomic E-state index is 13.0. The van der Waals surface area contributed by atoms with Gasteiger partial charge in [0.1, 0.15) is 0 Å². The van der Waals surface area contributed by atoms with Gasteiger partial charge in [-0.3, -0.25) is 4.74 Å². The van der Waals surface area contributed by atoms with Crippen LogP contribution in [0.15, 0.2) is 0 Å². The van der Waals surface area contributed by atoms with Crippen LogP contribution in [-0.4, -0.2) is 21.1 Å². The summed E-state index contributed by atoms with van der Waals surface area (Å²) in [6.07, 6.45) is -5.21. The van der Waals surface area contributed by atoms with Crippen molar-refractivity contribution in [1.29, 1.82) is 0 Å². The van der Waals surface area contributed by atoms with Crippen molar-refractivity contribution in [3.63, 3.8) is 0 Å². The summed E-state index contributed by atoms with van der Waals surface area (Å²) < 4.78 is 62.1. The second kappa shape index (κ2) is 4.22. The first-order valence-electron chi connectivity index (χ1n) is 3.11. The van der Waals surface area contributed by atoms with Gasteiger partial charge in [-0.05, 0) is 11.6 Å². The van der Waals surface area contributed by atoms with Crippen LogP contribution in [0.3, 0.4) is 0 Å². The first kappa shape index (κ1) is 15.8. The number of alkyl halides is 9. The van der Waals surface area contributed by atoms with E-state index < -0.39 is 21.1 Å². The van der Waals surface area contributed by atoms with Crippen LogP contribution in [0.4, 0.5) is 22.0 Å². The Morgan fingerprint density at radius 2 is 1.20 bits per heavy atom. The molecule has 15 heavy (non-hydrogen) atoms. The van der Waals surface area contributed by atoms with Crippen molar-refractivity contribution in [1.82, 2.24) is 0 Å². The Bertz CT molecular complexity index is 209. The molecular weight excluding hydrogens is 313 g/mol. The van der Waals surface area contributed by atoms with E-state index in [0.29, 0.717) is 0 Å². The number of ether oxygens (including phenoxy) is 1. The van der Waals surface area contributed by atoms with E-state index in [4.69, 9.17) is 34.8 Å². The van der Waals surface area contributed by atoms with Gasteiger partial charge >= 0.3 is 17.3 Å². The monoisotopic (exact) mass is 314 g/mol. The van der Waals surface area contributed by atoms with Crippen LogP contribution in [-0.2, 0) is 4.74 Å². The summed E-state index contributed by atoms with van der Waals surface area (Å²) in [4.78, 5) is 0. The molecule has 0 heterocycles. The quantitative estimate of drug-likeness (QED) is 0.551. The van der Waals surface area contributed by atoms with E-state index in [0.717, 1.165) is 0 Å². The SMILES string of the molecule is CC(F)(F)C(F)(F)OC(F)(Cl)C(Cl)(Cl)Cl. The van der Waals surface area contributed by atoms with Crippen molar-refractivity contribution in [3.05, 3.63) is 0 Å². The fraction of sp³-hybridized carbons (Fsp3) is 1.00. The van der Waals surface area contributed by atoms with Gasteiger partial charge in [-0.15, -0.1) is 0 Å². The summed E-state index contributed by atoms with van der Waals surface area (Å²) in [5.41, 5.74) is 0. The molecule has 1 atom stereocenters. The number of hydrogen-bond donors (Lipinski definition) is 0. The number of hydrogen-bond acceptors (Lipinski definition) is 1. The topological polar surface area (TPSA) is 9.23 Å². The summed E-state index contributed by atoms with van der Waals surface area (Å²) in [5.74, 6) is -4.69. The molecule has 1 unspecified atom stereocenters. The van der Waals surface area contributed by atoms with Gasteiger partial charge in [0.25, 0.3) is 3.79 Å². The molecule has 0 saturated carbocycles. The van der Waals surface area contributed by atoms with E-state index in [-0.39, 0.29) is 6.92 Å². The summed E-state index contributed by atoms with van der Waals surface area (Å²) in [5, 5.41) is -4.08. The molecule has 0 radical (unpaired) electrons. The fourth-order valence-corrected chi connectivity index (χ4v) is 0.521. The third-order valence-corrected chi connectivity index (χ3v) is 2.48. The average Bonchev–Trinajstić information content (AvgIpc) is 1.77. The third-order valence-electron chi connectivity index (χ3n) is 1.10. The van der Waals surface area contributed by atoms with E-state index in [2.05, 4.69) is 16.3 Å². The van der Waals surface area contributed by atoms with E-state index in [9.17, 15) is 22.0 Å². The molecule has 0 aliphatic carbocycles. The van der Waals surface area contributed by atoms with Crippen molar-refractivity contribution in [2.45, 2.75) is 28.1 Å². The molecule has 0 aliphatic heterocycles. The van der Waals surface area contributed by atoms with Crippen molar-refractivity contribution in [2.75, 3.05) is 0 Å². The molecule has 0 rings (SSSR count). The van der Waals surface area contributed by atoms with Crippen LogP contribution < -0.4 is 0 Å². The highest BCUT2D eigenvalue weighted by Crippen LogP contribution is 2.49. The van der Waals surface area contributed by atoms with Gasteiger partial charge in [0, 0.05) is 6.92 Å². The zero-order chi connectivity index (χ0) is 12.7. The molecule has 0 aromatic rings. The maximum atomic E-state index is 13.0. The fourth-order valence-electron chi connectivity index (χ4n) is 0.308. The van der Waals surface area contributed by atoms with Gasteiger partial charge in [-0.1, -0.05) is 34.8 Å². The Hall–Kier alpha value is 0.770. The molecule has 0 aromatic carbocycles. The van der Waals surface area contributed by atoms with Crippen molar-refractivity contribution in [3.8, 4) is 0 Å². The van der Waals surface area contributed by atoms with Crippen LogP contribution >= 0.6 is 46.4 Å². The van der Waals surface area contributed by atoms with E-state index in [1.54, 1.807) is 0 Å². The molecule has 0 bridgehead atoms. The van der Waals surface area contributed by atoms with E-state index in [1.807, 2.05) is 0 Å². The van der Waals surface area contributed by atoms with Crippen molar-refractivity contribution < 1.29 is 26.7 Å². The van der Waals surface area contributed by atoms with Crippen molar-refractivity contribution in [2.24, 2.45) is 0 Å². The highest BCUT2D eigenvalue weighted by Gasteiger charge is 2.63. The largest absolute Gasteiger partial charge is 0.422 e. The predicted molar refractivity (Wildman–Crippen MR) is 46.6 cm³/mol. The van der Waals surface area contributed by atoms with Crippen LogP contribution in [0.1, 0.15) is 6.92 Å². The van der Waals surface area contributed by atoms with Crippen LogP contribution in [0.25, 0.3) is 0 Å². The van der Waals surface area contributed by atoms with Gasteiger partial charge in [-0.2, -0.15) is 22.0 Å². The predicted octanol–water partition coefficient (Wildman–Crippen LogP) is 4.48. The van der Waals surface area contributed by atoms with Gasteiger partial charge in [0.2, 0.25) is 0 Å². The van der Waals surface area contributed by atoms with Crippen LogP contribution in [0.2, 0.25) is 0 Å². The zero-order valence-electron chi connectivity index (χ0n) is 6.81. The molecule has 0 saturated heterocycles. The smallest absolute Gasteiger partial charge is 0.261 e. The lowest BCUT2D eigenvalue weighted by atomic mass is 10.4. The highest BCUT2D eigenvalue weighted by molar-refractivity contribution is 6.70. The standard InChI is InChI=1S/C5H3Cl4F5O/c1-2(10,11)5(13,14)15-4(9,12)3(6,7)8/h1H3. The summed E-state index contributed by atoms with van der Waals surface area (Å²) in [7, 11) is 0. The molecule has 1 nitrogen and oxygen atoms in total. The molecule has 0 aliphatic rings. The van der Waals surface area contributed by atoms with Crippen LogP contribution in [0.5, 0.6) is 0 Å². The summed E-state index contributed by atoms with van der Waals surface area (Å²) in [6.45, 7) is -0.210. The van der Waals surface area contributed by atoms with Crippen molar-refractivity contribution >= 4 is 46.4 Å². The average molecular weight is 316 g/mol. The van der Waals surface area contributed by atoms with E-state index >= 15 is 0 Å². The summed E-state index contributed by atoms with van der Waals surface area (Å²) >= 11 is 19.0. The molecule has 92 valence electrons. The Morgan fingerprint density at radius 1 is 0.867 bits per heavy atom. The molecule has 0 N–H and O–H groups in total. The molecule has 0 amide bonds. The first-order chi connectivity index (χ1) is 6.21. The lowest BCUT2D eigenvalue weighted by molar-refractivity contribution is -0.379. The zero-order valence-corrected chi connectivity index (χ0v) is 9.83. The molecule has 10 heteroatoms. The second-order valence-electron chi connectivity index (χ2n) is 2.52. The minimum Gasteiger partial charge on any atom is -0.261 e.